The lowest BCUT2D eigenvalue weighted by molar-refractivity contribution is 0.0910. The molecule has 0 bridgehead atoms. The van der Waals surface area contributed by atoms with Gasteiger partial charge in [0.2, 0.25) is 0 Å². The highest BCUT2D eigenvalue weighted by Crippen LogP contribution is 2.18. The van der Waals surface area contributed by atoms with E-state index < -0.39 is 0 Å². The fourth-order valence-electron chi connectivity index (χ4n) is 2.02. The lowest BCUT2D eigenvalue weighted by Crippen LogP contribution is -2.25. The molecule has 96 valence electrons. The van der Waals surface area contributed by atoms with Crippen LogP contribution < -0.4 is 4.87 Å². The van der Waals surface area contributed by atoms with Gasteiger partial charge in [-0.15, -0.1) is 0 Å². The molecule has 0 saturated carbocycles. The Morgan fingerprint density at radius 3 is 2.83 bits per heavy atom. The minimum atomic E-state index is -0.0871. The summed E-state index contributed by atoms with van der Waals surface area (Å²) in [6.07, 6.45) is 0. The number of ketones is 1. The summed E-state index contributed by atoms with van der Waals surface area (Å²) in [7, 11) is 3.90. The summed E-state index contributed by atoms with van der Waals surface area (Å²) in [5.41, 5.74) is 1.40. The molecule has 5 heteroatoms. The highest BCUT2D eigenvalue weighted by molar-refractivity contribution is 7.16. The van der Waals surface area contributed by atoms with E-state index in [2.05, 4.69) is 4.98 Å². The fourth-order valence-corrected chi connectivity index (χ4v) is 2.74. The average Bonchev–Trinajstić information content (AvgIpc) is 2.65. The molecule has 1 atom stereocenters. The van der Waals surface area contributed by atoms with Gasteiger partial charge in [-0.3, -0.25) is 9.59 Å². The molecule has 0 aliphatic heterocycles. The molecule has 2 rings (SSSR count). The quantitative estimate of drug-likeness (QED) is 0.859. The van der Waals surface area contributed by atoms with Gasteiger partial charge in [0.15, 0.2) is 5.78 Å². The smallest absolute Gasteiger partial charge is 0.305 e. The number of aromatic nitrogens is 1. The molecule has 18 heavy (non-hydrogen) atoms. The van der Waals surface area contributed by atoms with Crippen molar-refractivity contribution in [3.05, 3.63) is 33.4 Å². The van der Waals surface area contributed by atoms with Gasteiger partial charge in [0, 0.05) is 18.0 Å². The van der Waals surface area contributed by atoms with Crippen LogP contribution in [0.1, 0.15) is 17.3 Å². The van der Waals surface area contributed by atoms with Gasteiger partial charge in [0.05, 0.1) is 10.2 Å². The second-order valence-electron chi connectivity index (χ2n) is 4.75. The molecule has 0 spiro atoms. The summed E-state index contributed by atoms with van der Waals surface area (Å²) in [6, 6.07) is 5.38. The zero-order valence-electron chi connectivity index (χ0n) is 10.7. The number of carbonyl (C=O) groups is 1. The van der Waals surface area contributed by atoms with Crippen molar-refractivity contribution in [3.8, 4) is 0 Å². The fraction of sp³-hybridized carbons (Fsp3) is 0.385. The predicted molar refractivity (Wildman–Crippen MR) is 74.5 cm³/mol. The van der Waals surface area contributed by atoms with Crippen molar-refractivity contribution in [3.63, 3.8) is 0 Å². The Morgan fingerprint density at radius 1 is 1.44 bits per heavy atom. The van der Waals surface area contributed by atoms with Crippen molar-refractivity contribution in [2.75, 3.05) is 20.6 Å². The van der Waals surface area contributed by atoms with Gasteiger partial charge < -0.3 is 9.88 Å². The topological polar surface area (TPSA) is 53.2 Å². The molecule has 0 aliphatic rings. The molecule has 1 unspecified atom stereocenters. The van der Waals surface area contributed by atoms with Crippen LogP contribution in [0, 0.1) is 5.92 Å². The first kappa shape index (κ1) is 13.0. The minimum absolute atomic E-state index is 0.0530. The van der Waals surface area contributed by atoms with Gasteiger partial charge in [-0.05, 0) is 32.3 Å². The summed E-state index contributed by atoms with van der Waals surface area (Å²) < 4.78 is 0.886. The number of benzene rings is 1. The first-order valence-electron chi connectivity index (χ1n) is 5.79. The van der Waals surface area contributed by atoms with E-state index >= 15 is 0 Å². The number of hydrogen-bond acceptors (Lipinski definition) is 4. The first-order chi connectivity index (χ1) is 8.47. The normalized spacial score (nSPS) is 13.1. The second-order valence-corrected chi connectivity index (χ2v) is 5.77. The largest absolute Gasteiger partial charge is 0.312 e. The standard InChI is InChI=1S/C13H16N2O2S/c1-8(7-15(2)3)12(16)9-4-5-11-10(6-9)14-13(17)18-11/h4-6,8H,7H2,1-3H3,(H,14,17). The molecule has 0 aliphatic carbocycles. The Morgan fingerprint density at radius 2 is 2.17 bits per heavy atom. The van der Waals surface area contributed by atoms with Crippen LogP contribution in [-0.2, 0) is 0 Å². The molecular weight excluding hydrogens is 248 g/mol. The number of Topliss-reactive ketones (excluding diaryl/α,β-unsaturated/α-hetero) is 1. The number of nitrogens with one attached hydrogen (secondary N) is 1. The van der Waals surface area contributed by atoms with Crippen LogP contribution in [-0.4, -0.2) is 36.3 Å². The molecule has 0 amide bonds. The number of aromatic amines is 1. The minimum Gasteiger partial charge on any atom is -0.312 e. The van der Waals surface area contributed by atoms with Crippen molar-refractivity contribution in [1.29, 1.82) is 0 Å². The van der Waals surface area contributed by atoms with E-state index in [1.165, 1.54) is 0 Å². The maximum Gasteiger partial charge on any atom is 0.305 e. The maximum absolute atomic E-state index is 12.2. The number of nitrogens with zero attached hydrogens (tertiary/aromatic N) is 1. The molecule has 2 aromatic rings. The van der Waals surface area contributed by atoms with E-state index in [4.69, 9.17) is 0 Å². The van der Waals surface area contributed by atoms with E-state index in [0.717, 1.165) is 28.1 Å². The molecule has 0 saturated heterocycles. The van der Waals surface area contributed by atoms with Crippen molar-refractivity contribution >= 4 is 27.3 Å². The maximum atomic E-state index is 12.2. The average molecular weight is 264 g/mol. The van der Waals surface area contributed by atoms with E-state index in [1.54, 1.807) is 12.1 Å². The molecule has 1 heterocycles. The number of carbonyl (C=O) groups excluding carboxylic acids is 1. The van der Waals surface area contributed by atoms with Gasteiger partial charge in [0.1, 0.15) is 0 Å². The SMILES string of the molecule is CC(CN(C)C)C(=O)c1ccc2sc(=O)[nH]c2c1. The molecular formula is C13H16N2O2S. The van der Waals surface area contributed by atoms with Crippen LogP contribution in [0.3, 0.4) is 0 Å². The zero-order chi connectivity index (χ0) is 13.3. The predicted octanol–water partition coefficient (Wildman–Crippen LogP) is 1.97. The lowest BCUT2D eigenvalue weighted by Gasteiger charge is -2.15. The van der Waals surface area contributed by atoms with Crippen molar-refractivity contribution in [2.24, 2.45) is 5.92 Å². The Hall–Kier alpha value is -1.46. The van der Waals surface area contributed by atoms with Crippen molar-refractivity contribution in [2.45, 2.75) is 6.92 Å². The van der Waals surface area contributed by atoms with Gasteiger partial charge >= 0.3 is 4.87 Å². The van der Waals surface area contributed by atoms with E-state index in [-0.39, 0.29) is 16.6 Å². The third-order valence-electron chi connectivity index (χ3n) is 2.79. The van der Waals surface area contributed by atoms with E-state index in [0.29, 0.717) is 5.56 Å². The van der Waals surface area contributed by atoms with Crippen LogP contribution in [0.25, 0.3) is 10.2 Å². The molecule has 1 aromatic heterocycles. The van der Waals surface area contributed by atoms with Crippen LogP contribution in [0.15, 0.2) is 23.0 Å². The molecule has 0 fully saturated rings. The summed E-state index contributed by atoms with van der Waals surface area (Å²) in [4.78, 5) is 28.1. The molecule has 1 N–H and O–H groups in total. The highest BCUT2D eigenvalue weighted by atomic mass is 32.1. The second kappa shape index (κ2) is 5.04. The Kier molecular flexibility index (Phi) is 3.63. The van der Waals surface area contributed by atoms with E-state index in [9.17, 15) is 9.59 Å². The van der Waals surface area contributed by atoms with Crippen LogP contribution in [0.4, 0.5) is 0 Å². The van der Waals surface area contributed by atoms with Gasteiger partial charge in [-0.25, -0.2) is 0 Å². The highest BCUT2D eigenvalue weighted by Gasteiger charge is 2.16. The number of fused-ring (bicyclic) bond motifs is 1. The summed E-state index contributed by atoms with van der Waals surface area (Å²) in [5, 5.41) is 0. The molecule has 4 nitrogen and oxygen atoms in total. The summed E-state index contributed by atoms with van der Waals surface area (Å²) >= 11 is 1.16. The number of thiazole rings is 1. The Labute approximate surface area is 109 Å². The summed E-state index contributed by atoms with van der Waals surface area (Å²) in [6.45, 7) is 2.64. The Bertz CT molecular complexity index is 627. The molecule has 0 radical (unpaired) electrons. The van der Waals surface area contributed by atoms with Crippen LogP contribution >= 0.6 is 11.3 Å². The first-order valence-corrected chi connectivity index (χ1v) is 6.61. The lowest BCUT2D eigenvalue weighted by atomic mass is 9.99. The van der Waals surface area contributed by atoms with Gasteiger partial charge in [0.25, 0.3) is 0 Å². The monoisotopic (exact) mass is 264 g/mol. The van der Waals surface area contributed by atoms with E-state index in [1.807, 2.05) is 32.0 Å². The Balaban J connectivity index is 2.30. The zero-order valence-corrected chi connectivity index (χ0v) is 11.5. The number of H-pyrrole nitrogens is 1. The molecule has 1 aromatic carbocycles. The third-order valence-corrected chi connectivity index (χ3v) is 3.65. The van der Waals surface area contributed by atoms with Crippen LogP contribution in [0.5, 0.6) is 0 Å². The van der Waals surface area contributed by atoms with Crippen molar-refractivity contribution in [1.82, 2.24) is 9.88 Å². The number of hydrogen-bond donors (Lipinski definition) is 1. The number of rotatable bonds is 4. The van der Waals surface area contributed by atoms with Crippen LogP contribution in [0.2, 0.25) is 0 Å². The third kappa shape index (κ3) is 2.68. The van der Waals surface area contributed by atoms with Crippen molar-refractivity contribution < 1.29 is 4.79 Å². The summed E-state index contributed by atoms with van der Waals surface area (Å²) in [5.74, 6) is 0.0560. The van der Waals surface area contributed by atoms with Gasteiger partial charge in [-0.2, -0.15) is 0 Å². The van der Waals surface area contributed by atoms with Gasteiger partial charge in [-0.1, -0.05) is 18.3 Å².